The van der Waals surface area contributed by atoms with Crippen molar-refractivity contribution in [3.05, 3.63) is 89.1 Å². The fourth-order valence-electron chi connectivity index (χ4n) is 3.99. The molecule has 0 radical (unpaired) electrons. The lowest BCUT2D eigenvalue weighted by molar-refractivity contribution is 0.0949. The molecule has 3 N–H and O–H groups in total. The molecule has 1 saturated heterocycles. The molecule has 34 heavy (non-hydrogen) atoms. The molecule has 1 aliphatic heterocycles. The Kier molecular flexibility index (Phi) is 7.42. The van der Waals surface area contributed by atoms with Crippen LogP contribution in [-0.2, 0) is 13.2 Å². The zero-order chi connectivity index (χ0) is 23.9. The van der Waals surface area contributed by atoms with Gasteiger partial charge in [-0.2, -0.15) is 0 Å². The van der Waals surface area contributed by atoms with Gasteiger partial charge in [0, 0.05) is 31.4 Å². The van der Waals surface area contributed by atoms with E-state index >= 15 is 0 Å². The molecule has 7 nitrogen and oxygen atoms in total. The van der Waals surface area contributed by atoms with E-state index in [-0.39, 0.29) is 12.5 Å². The molecule has 4 rings (SSSR count). The molecule has 0 atom stereocenters. The topological polar surface area (TPSA) is 97.5 Å². The predicted octanol–water partition coefficient (Wildman–Crippen LogP) is 3.93. The van der Waals surface area contributed by atoms with Crippen LogP contribution in [0.3, 0.4) is 0 Å². The molecule has 2 aromatic carbocycles. The number of nitrogens with zero attached hydrogens (tertiary/aromatic N) is 2. The summed E-state index contributed by atoms with van der Waals surface area (Å²) in [6.07, 6.45) is 4.22. The number of carbonyl (C=O) groups is 2. The van der Waals surface area contributed by atoms with Crippen LogP contribution in [0.2, 0.25) is 0 Å². The Hall–Kier alpha value is -3.87. The Morgan fingerprint density at radius 3 is 2.59 bits per heavy atom. The van der Waals surface area contributed by atoms with Crippen molar-refractivity contribution in [2.24, 2.45) is 11.7 Å². The second-order valence-electron chi connectivity index (χ2n) is 8.73. The van der Waals surface area contributed by atoms with Gasteiger partial charge in [0.05, 0.1) is 5.56 Å². The lowest BCUT2D eigenvalue weighted by atomic mass is 9.99. The van der Waals surface area contributed by atoms with E-state index in [9.17, 15) is 9.59 Å². The van der Waals surface area contributed by atoms with Gasteiger partial charge in [-0.1, -0.05) is 37.3 Å². The average molecular weight is 459 g/mol. The minimum Gasteiger partial charge on any atom is -0.488 e. The molecule has 0 saturated carbocycles. The van der Waals surface area contributed by atoms with E-state index in [1.54, 1.807) is 36.4 Å². The number of primary amides is 1. The van der Waals surface area contributed by atoms with Gasteiger partial charge < -0.3 is 20.7 Å². The van der Waals surface area contributed by atoms with Crippen molar-refractivity contribution in [2.45, 2.75) is 32.9 Å². The lowest BCUT2D eigenvalue weighted by Crippen LogP contribution is -2.33. The largest absolute Gasteiger partial charge is 0.488 e. The normalized spacial score (nSPS) is 14.0. The van der Waals surface area contributed by atoms with E-state index in [2.05, 4.69) is 22.1 Å². The molecule has 2 heterocycles. The molecule has 3 aromatic rings. The number of pyridine rings is 1. The zero-order valence-corrected chi connectivity index (χ0v) is 19.4. The molecular formula is C27H30N4O3. The quantitative estimate of drug-likeness (QED) is 0.533. The van der Waals surface area contributed by atoms with E-state index in [0.29, 0.717) is 23.4 Å². The Labute approximate surface area is 199 Å². The Balaban J connectivity index is 1.31. The molecule has 0 bridgehead atoms. The van der Waals surface area contributed by atoms with Gasteiger partial charge in [-0.25, -0.2) is 4.98 Å². The molecular weight excluding hydrogens is 428 g/mol. The molecule has 0 spiro atoms. The Morgan fingerprint density at radius 1 is 1.06 bits per heavy atom. The maximum Gasteiger partial charge on any atom is 0.252 e. The van der Waals surface area contributed by atoms with Crippen LogP contribution >= 0.6 is 0 Å². The third-order valence-corrected chi connectivity index (χ3v) is 6.11. The maximum atomic E-state index is 12.7. The second kappa shape index (κ2) is 10.8. The summed E-state index contributed by atoms with van der Waals surface area (Å²) in [5, 5.41) is 2.95. The van der Waals surface area contributed by atoms with E-state index in [4.69, 9.17) is 10.5 Å². The van der Waals surface area contributed by atoms with Crippen LogP contribution in [0.25, 0.3) is 0 Å². The smallest absolute Gasteiger partial charge is 0.252 e. The summed E-state index contributed by atoms with van der Waals surface area (Å²) < 4.78 is 5.77. The molecule has 1 aromatic heterocycles. The van der Waals surface area contributed by atoms with E-state index < -0.39 is 5.91 Å². The number of aromatic nitrogens is 1. The lowest BCUT2D eigenvalue weighted by Gasteiger charge is -2.31. The fraction of sp³-hybridized carbons (Fsp3) is 0.296. The van der Waals surface area contributed by atoms with Gasteiger partial charge in [0.25, 0.3) is 11.8 Å². The van der Waals surface area contributed by atoms with E-state index in [0.717, 1.165) is 36.0 Å². The fourth-order valence-corrected chi connectivity index (χ4v) is 3.99. The van der Waals surface area contributed by atoms with Crippen LogP contribution in [0.1, 0.15) is 51.6 Å². The number of carbonyl (C=O) groups excluding carboxylic acids is 2. The first kappa shape index (κ1) is 23.3. The first-order valence-corrected chi connectivity index (χ1v) is 11.6. The summed E-state index contributed by atoms with van der Waals surface area (Å²) in [5.74, 6) is 1.47. The van der Waals surface area contributed by atoms with Gasteiger partial charge in [-0.05, 0) is 60.2 Å². The van der Waals surface area contributed by atoms with Gasteiger partial charge >= 0.3 is 0 Å². The van der Waals surface area contributed by atoms with Crippen LogP contribution in [0.4, 0.5) is 5.82 Å². The molecule has 1 aliphatic rings. The van der Waals surface area contributed by atoms with Gasteiger partial charge in [0.15, 0.2) is 0 Å². The highest BCUT2D eigenvalue weighted by atomic mass is 16.5. The molecule has 7 heteroatoms. The van der Waals surface area contributed by atoms with Crippen LogP contribution in [0.5, 0.6) is 5.75 Å². The Bertz CT molecular complexity index is 1140. The summed E-state index contributed by atoms with van der Waals surface area (Å²) in [6.45, 7) is 4.99. The summed E-state index contributed by atoms with van der Waals surface area (Å²) in [6, 6.07) is 18.1. The van der Waals surface area contributed by atoms with Crippen LogP contribution in [0, 0.1) is 5.92 Å². The molecule has 2 amide bonds. The number of anilines is 1. The number of hydrogen-bond donors (Lipinski definition) is 2. The first-order chi connectivity index (χ1) is 16.5. The van der Waals surface area contributed by atoms with E-state index in [1.165, 1.54) is 12.8 Å². The van der Waals surface area contributed by atoms with Crippen molar-refractivity contribution in [1.82, 2.24) is 10.3 Å². The van der Waals surface area contributed by atoms with Gasteiger partial charge in [-0.15, -0.1) is 0 Å². The third-order valence-electron chi connectivity index (χ3n) is 6.11. The molecule has 0 unspecified atom stereocenters. The zero-order valence-electron chi connectivity index (χ0n) is 19.4. The number of ether oxygens (including phenoxy) is 1. The number of nitrogens with one attached hydrogen (secondary N) is 1. The first-order valence-electron chi connectivity index (χ1n) is 11.6. The monoisotopic (exact) mass is 458 g/mol. The number of amides is 2. The van der Waals surface area contributed by atoms with Crippen LogP contribution in [-0.4, -0.2) is 29.9 Å². The van der Waals surface area contributed by atoms with Crippen molar-refractivity contribution >= 4 is 17.6 Å². The number of piperidine rings is 1. The van der Waals surface area contributed by atoms with Crippen molar-refractivity contribution in [2.75, 3.05) is 18.0 Å². The highest BCUT2D eigenvalue weighted by Crippen LogP contribution is 2.21. The van der Waals surface area contributed by atoms with Crippen LogP contribution in [0.15, 0.2) is 66.9 Å². The predicted molar refractivity (Wildman–Crippen MR) is 132 cm³/mol. The highest BCUT2D eigenvalue weighted by Gasteiger charge is 2.17. The van der Waals surface area contributed by atoms with Crippen molar-refractivity contribution in [3.8, 4) is 5.75 Å². The molecule has 1 fully saturated rings. The summed E-state index contributed by atoms with van der Waals surface area (Å²) >= 11 is 0. The highest BCUT2D eigenvalue weighted by molar-refractivity contribution is 5.95. The van der Waals surface area contributed by atoms with E-state index in [1.807, 2.05) is 30.5 Å². The van der Waals surface area contributed by atoms with Crippen molar-refractivity contribution < 1.29 is 14.3 Å². The minimum atomic E-state index is -0.545. The number of hydrogen-bond acceptors (Lipinski definition) is 5. The minimum absolute atomic E-state index is 0.173. The van der Waals surface area contributed by atoms with Gasteiger partial charge in [0.1, 0.15) is 18.2 Å². The third kappa shape index (κ3) is 5.92. The summed E-state index contributed by atoms with van der Waals surface area (Å²) in [7, 11) is 0. The van der Waals surface area contributed by atoms with Crippen molar-refractivity contribution in [3.63, 3.8) is 0 Å². The second-order valence-corrected chi connectivity index (χ2v) is 8.73. The van der Waals surface area contributed by atoms with Gasteiger partial charge in [0.2, 0.25) is 0 Å². The van der Waals surface area contributed by atoms with Crippen molar-refractivity contribution in [1.29, 1.82) is 0 Å². The molecule has 176 valence electrons. The SMILES string of the molecule is CC1CCN(c2ccc(CNC(=O)c3cccc(COc4ccccc4C(N)=O)c3)cn2)CC1. The van der Waals surface area contributed by atoms with Gasteiger partial charge in [-0.3, -0.25) is 9.59 Å². The number of rotatable bonds is 8. The summed E-state index contributed by atoms with van der Waals surface area (Å²) in [4.78, 5) is 31.2. The maximum absolute atomic E-state index is 12.7. The van der Waals surface area contributed by atoms with Crippen LogP contribution < -0.4 is 20.7 Å². The Morgan fingerprint density at radius 2 is 1.85 bits per heavy atom. The average Bonchev–Trinajstić information content (AvgIpc) is 2.87. The number of nitrogens with two attached hydrogens (primary N) is 1. The summed E-state index contributed by atoms with van der Waals surface area (Å²) in [5.41, 5.74) is 8.03. The number of para-hydroxylation sites is 1. The standard InChI is InChI=1S/C27H30N4O3/c1-19-11-13-31(14-12-19)25-10-9-21(16-29-25)17-30-27(33)22-6-4-5-20(15-22)18-34-24-8-3-2-7-23(24)26(28)32/h2-10,15-16,19H,11-14,17-18H2,1H3,(H2,28,32)(H,30,33). The number of benzene rings is 2. The molecule has 0 aliphatic carbocycles.